The summed E-state index contributed by atoms with van der Waals surface area (Å²) in [6, 6.07) is 0. The van der Waals surface area contributed by atoms with Gasteiger partial charge in [0.05, 0.1) is 0 Å². The molecule has 0 heterocycles. The first kappa shape index (κ1) is 9.43. The van der Waals surface area contributed by atoms with Crippen molar-refractivity contribution in [1.82, 2.24) is 0 Å². The number of carbonyl (C=O) groups excluding carboxylic acids is 1. The number of hydrogen-bond acceptors (Lipinski definition) is 2. The Morgan fingerprint density at radius 3 is 2.30 bits per heavy atom. The van der Waals surface area contributed by atoms with Crippen molar-refractivity contribution in [2.45, 2.75) is 20.3 Å². The van der Waals surface area contributed by atoms with Gasteiger partial charge in [0.2, 0.25) is 5.91 Å². The van der Waals surface area contributed by atoms with Gasteiger partial charge in [-0.2, -0.15) is 0 Å². The lowest BCUT2D eigenvalue weighted by Crippen LogP contribution is -2.20. The van der Waals surface area contributed by atoms with Crippen molar-refractivity contribution in [2.24, 2.45) is 17.6 Å². The van der Waals surface area contributed by atoms with Gasteiger partial charge in [-0.1, -0.05) is 13.8 Å². The molecular formula is C7H15NO2. The molecule has 2 unspecified atom stereocenters. The molecule has 10 heavy (non-hydrogen) atoms. The van der Waals surface area contributed by atoms with Crippen molar-refractivity contribution in [1.29, 1.82) is 0 Å². The highest BCUT2D eigenvalue weighted by Crippen LogP contribution is 2.12. The molecule has 0 aliphatic rings. The highest BCUT2D eigenvalue weighted by atomic mass is 16.3. The number of rotatable bonds is 4. The van der Waals surface area contributed by atoms with Gasteiger partial charge in [-0.05, 0) is 11.8 Å². The highest BCUT2D eigenvalue weighted by molar-refractivity contribution is 5.73. The maximum absolute atomic E-state index is 10.4. The first-order valence-electron chi connectivity index (χ1n) is 3.47. The zero-order chi connectivity index (χ0) is 8.15. The Labute approximate surface area is 61.2 Å². The SMILES string of the molecule is CC(CO)C(C)CC(N)=O. The predicted octanol–water partition coefficient (Wildman–Crippen LogP) is 0.126. The van der Waals surface area contributed by atoms with E-state index in [0.717, 1.165) is 0 Å². The number of hydrogen-bond donors (Lipinski definition) is 2. The minimum Gasteiger partial charge on any atom is -0.396 e. The Balaban J connectivity index is 3.61. The Bertz CT molecular complexity index is 114. The first-order valence-corrected chi connectivity index (χ1v) is 3.47. The summed E-state index contributed by atoms with van der Waals surface area (Å²) in [6.07, 6.45) is 0.363. The van der Waals surface area contributed by atoms with Crippen molar-refractivity contribution >= 4 is 5.91 Å². The monoisotopic (exact) mass is 145 g/mol. The van der Waals surface area contributed by atoms with E-state index in [0.29, 0.717) is 6.42 Å². The van der Waals surface area contributed by atoms with Crippen molar-refractivity contribution in [2.75, 3.05) is 6.61 Å². The number of primary amides is 1. The number of amides is 1. The van der Waals surface area contributed by atoms with Crippen LogP contribution in [-0.2, 0) is 4.79 Å². The van der Waals surface area contributed by atoms with Gasteiger partial charge in [-0.25, -0.2) is 0 Å². The summed E-state index contributed by atoms with van der Waals surface area (Å²) in [5.41, 5.74) is 4.97. The molecule has 0 aromatic carbocycles. The summed E-state index contributed by atoms with van der Waals surface area (Å²) in [5, 5.41) is 8.67. The molecule has 0 aromatic heterocycles. The van der Waals surface area contributed by atoms with Gasteiger partial charge in [-0.3, -0.25) is 4.79 Å². The fourth-order valence-electron chi connectivity index (χ4n) is 0.698. The zero-order valence-electron chi connectivity index (χ0n) is 6.50. The Morgan fingerprint density at radius 2 is 2.00 bits per heavy atom. The predicted molar refractivity (Wildman–Crippen MR) is 39.2 cm³/mol. The largest absolute Gasteiger partial charge is 0.396 e. The summed E-state index contributed by atoms with van der Waals surface area (Å²) >= 11 is 0. The molecule has 0 bridgehead atoms. The molecule has 0 radical (unpaired) electrons. The molecule has 0 rings (SSSR count). The van der Waals surface area contributed by atoms with Crippen LogP contribution in [0.5, 0.6) is 0 Å². The summed E-state index contributed by atoms with van der Waals surface area (Å²) in [5.74, 6) is 0.0443. The quantitative estimate of drug-likeness (QED) is 0.590. The van der Waals surface area contributed by atoms with Crippen LogP contribution in [0.25, 0.3) is 0 Å². The molecule has 3 heteroatoms. The zero-order valence-corrected chi connectivity index (χ0v) is 6.50. The molecule has 0 saturated carbocycles. The molecule has 1 amide bonds. The lowest BCUT2D eigenvalue weighted by atomic mass is 9.93. The van der Waals surface area contributed by atoms with Crippen LogP contribution in [0.3, 0.4) is 0 Å². The summed E-state index contributed by atoms with van der Waals surface area (Å²) < 4.78 is 0. The molecule has 3 nitrogen and oxygen atoms in total. The molecule has 60 valence electrons. The van der Waals surface area contributed by atoms with Crippen molar-refractivity contribution in [3.63, 3.8) is 0 Å². The van der Waals surface area contributed by atoms with Crippen LogP contribution in [0.1, 0.15) is 20.3 Å². The number of carbonyl (C=O) groups is 1. The van der Waals surface area contributed by atoms with Crippen molar-refractivity contribution < 1.29 is 9.90 Å². The Kier molecular flexibility index (Phi) is 4.03. The van der Waals surface area contributed by atoms with Gasteiger partial charge in [0, 0.05) is 13.0 Å². The molecule has 0 saturated heterocycles. The van der Waals surface area contributed by atoms with E-state index in [4.69, 9.17) is 10.8 Å². The van der Waals surface area contributed by atoms with Crippen LogP contribution in [0.4, 0.5) is 0 Å². The lowest BCUT2D eigenvalue weighted by Gasteiger charge is -2.14. The molecule has 3 N–H and O–H groups in total. The van der Waals surface area contributed by atoms with E-state index in [1.54, 1.807) is 0 Å². The topological polar surface area (TPSA) is 63.3 Å². The second kappa shape index (κ2) is 4.28. The van der Waals surface area contributed by atoms with Crippen LogP contribution in [-0.4, -0.2) is 17.6 Å². The minimum atomic E-state index is -0.298. The second-order valence-electron chi connectivity index (χ2n) is 2.81. The third kappa shape index (κ3) is 3.45. The molecule has 0 aliphatic carbocycles. The van der Waals surface area contributed by atoms with Crippen molar-refractivity contribution in [3.8, 4) is 0 Å². The van der Waals surface area contributed by atoms with E-state index < -0.39 is 0 Å². The maximum Gasteiger partial charge on any atom is 0.217 e. The smallest absolute Gasteiger partial charge is 0.217 e. The van der Waals surface area contributed by atoms with Crippen LogP contribution < -0.4 is 5.73 Å². The fourth-order valence-corrected chi connectivity index (χ4v) is 0.698. The van der Waals surface area contributed by atoms with Gasteiger partial charge >= 0.3 is 0 Å². The normalized spacial score (nSPS) is 16.3. The molecule has 0 aliphatic heterocycles. The van der Waals surface area contributed by atoms with Gasteiger partial charge in [0.1, 0.15) is 0 Å². The summed E-state index contributed by atoms with van der Waals surface area (Å²) in [6.45, 7) is 3.92. The van der Waals surface area contributed by atoms with Gasteiger partial charge in [0.15, 0.2) is 0 Å². The average molecular weight is 145 g/mol. The number of aliphatic hydroxyl groups is 1. The first-order chi connectivity index (χ1) is 4.57. The number of nitrogens with two attached hydrogens (primary N) is 1. The molecule has 0 spiro atoms. The van der Waals surface area contributed by atoms with Crippen LogP contribution in [0.15, 0.2) is 0 Å². The Morgan fingerprint density at radius 1 is 1.50 bits per heavy atom. The van der Waals surface area contributed by atoms with Crippen LogP contribution >= 0.6 is 0 Å². The number of aliphatic hydroxyl groups excluding tert-OH is 1. The van der Waals surface area contributed by atoms with Crippen LogP contribution in [0, 0.1) is 11.8 Å². The van der Waals surface area contributed by atoms with Gasteiger partial charge in [0.25, 0.3) is 0 Å². The second-order valence-corrected chi connectivity index (χ2v) is 2.81. The third-order valence-corrected chi connectivity index (χ3v) is 1.78. The molecular weight excluding hydrogens is 130 g/mol. The van der Waals surface area contributed by atoms with E-state index in [1.165, 1.54) is 0 Å². The third-order valence-electron chi connectivity index (χ3n) is 1.78. The minimum absolute atomic E-state index is 0.119. The highest BCUT2D eigenvalue weighted by Gasteiger charge is 2.12. The van der Waals surface area contributed by atoms with Gasteiger partial charge < -0.3 is 10.8 Å². The van der Waals surface area contributed by atoms with Crippen molar-refractivity contribution in [3.05, 3.63) is 0 Å². The molecule has 0 fully saturated rings. The molecule has 2 atom stereocenters. The summed E-state index contributed by atoms with van der Waals surface area (Å²) in [7, 11) is 0. The maximum atomic E-state index is 10.4. The van der Waals surface area contributed by atoms with E-state index in [-0.39, 0.29) is 24.3 Å². The fraction of sp³-hybridized carbons (Fsp3) is 0.857. The van der Waals surface area contributed by atoms with E-state index >= 15 is 0 Å². The molecule has 0 aromatic rings. The van der Waals surface area contributed by atoms with E-state index in [2.05, 4.69) is 0 Å². The average Bonchev–Trinajstić information content (AvgIpc) is 1.85. The standard InChI is InChI=1S/C7H15NO2/c1-5(3-7(8)10)6(2)4-9/h5-6,9H,3-4H2,1-2H3,(H2,8,10). The lowest BCUT2D eigenvalue weighted by molar-refractivity contribution is -0.119. The van der Waals surface area contributed by atoms with Gasteiger partial charge in [-0.15, -0.1) is 0 Å². The van der Waals surface area contributed by atoms with Crippen LogP contribution in [0.2, 0.25) is 0 Å². The van der Waals surface area contributed by atoms with E-state index in [9.17, 15) is 4.79 Å². The summed E-state index contributed by atoms with van der Waals surface area (Å²) in [4.78, 5) is 10.4. The Hall–Kier alpha value is -0.570. The van der Waals surface area contributed by atoms with E-state index in [1.807, 2.05) is 13.8 Å².